The number of rotatable bonds is 7. The minimum Gasteiger partial charge on any atom is -0.507 e. The summed E-state index contributed by atoms with van der Waals surface area (Å²) >= 11 is 0. The molecule has 0 spiro atoms. The van der Waals surface area contributed by atoms with E-state index in [2.05, 4.69) is 35.4 Å². The summed E-state index contributed by atoms with van der Waals surface area (Å²) in [5.74, 6) is 0.991. The van der Waals surface area contributed by atoms with Gasteiger partial charge in [-0.2, -0.15) is 0 Å². The molecule has 0 radical (unpaired) electrons. The number of hydrogen-bond acceptors (Lipinski definition) is 10. The second kappa shape index (κ2) is 9.70. The topological polar surface area (TPSA) is 118 Å². The fourth-order valence-electron chi connectivity index (χ4n) is 5.57. The van der Waals surface area contributed by atoms with E-state index >= 15 is 4.39 Å². The molecule has 6 rings (SSSR count). The van der Waals surface area contributed by atoms with Crippen molar-refractivity contribution in [1.82, 2.24) is 30.5 Å². The van der Waals surface area contributed by atoms with Crippen LogP contribution < -0.4 is 19.7 Å². The van der Waals surface area contributed by atoms with Gasteiger partial charge in [0.1, 0.15) is 17.6 Å². The molecule has 3 fully saturated rings. The van der Waals surface area contributed by atoms with E-state index in [0.29, 0.717) is 34.5 Å². The zero-order valence-corrected chi connectivity index (χ0v) is 20.8. The average Bonchev–Trinajstić information content (AvgIpc) is 3.77. The Morgan fingerprint density at radius 2 is 1.81 bits per heavy atom. The van der Waals surface area contributed by atoms with E-state index in [4.69, 9.17) is 9.47 Å². The lowest BCUT2D eigenvalue weighted by Crippen LogP contribution is -2.62. The molecule has 4 heterocycles. The fraction of sp³-hybridized carbons (Fsp3) is 0.500. The van der Waals surface area contributed by atoms with E-state index in [1.165, 1.54) is 14.2 Å². The zero-order chi connectivity index (χ0) is 25.5. The van der Waals surface area contributed by atoms with Crippen LogP contribution in [0.2, 0.25) is 0 Å². The highest BCUT2D eigenvalue weighted by atomic mass is 19.1. The van der Waals surface area contributed by atoms with Crippen LogP contribution in [0.15, 0.2) is 30.6 Å². The lowest BCUT2D eigenvalue weighted by Gasteiger charge is -2.46. The number of phenols is 1. The Labute approximate surface area is 214 Å². The molecule has 3 aliphatic rings. The number of aromatic hydroxyl groups is 1. The zero-order valence-electron chi connectivity index (χ0n) is 20.8. The SMILES string of the molecule is COc1ncc(-c2ccc(-c3cnc(N(C4CC4)[C@@H]4C[C@H]5CCC[C@H](N5)[C@@H]4F)nn3)c(O)c2)nc1OC. The smallest absolute Gasteiger partial charge is 0.278 e. The molecule has 1 aromatic carbocycles. The maximum Gasteiger partial charge on any atom is 0.278 e. The van der Waals surface area contributed by atoms with Gasteiger partial charge in [-0.3, -0.25) is 0 Å². The van der Waals surface area contributed by atoms with Crippen LogP contribution in [0, 0.1) is 0 Å². The van der Waals surface area contributed by atoms with Gasteiger partial charge >= 0.3 is 0 Å². The van der Waals surface area contributed by atoms with E-state index in [1.807, 2.05) is 0 Å². The van der Waals surface area contributed by atoms with Gasteiger partial charge in [0.15, 0.2) is 0 Å². The molecule has 2 aromatic heterocycles. The first kappa shape index (κ1) is 23.8. The number of benzene rings is 1. The van der Waals surface area contributed by atoms with Crippen molar-refractivity contribution >= 4 is 5.95 Å². The lowest BCUT2D eigenvalue weighted by atomic mass is 9.82. The molecule has 10 nitrogen and oxygen atoms in total. The highest BCUT2D eigenvalue weighted by Gasteiger charge is 2.47. The fourth-order valence-corrected chi connectivity index (χ4v) is 5.57. The summed E-state index contributed by atoms with van der Waals surface area (Å²) in [6.07, 6.45) is 7.99. The van der Waals surface area contributed by atoms with Crippen LogP contribution in [-0.2, 0) is 0 Å². The second-order valence-corrected chi connectivity index (χ2v) is 9.94. The molecule has 2 N–H and O–H groups in total. The molecule has 0 unspecified atom stereocenters. The normalized spacial score (nSPS) is 24.9. The van der Waals surface area contributed by atoms with Crippen molar-refractivity contribution in [3.05, 3.63) is 30.6 Å². The summed E-state index contributed by atoms with van der Waals surface area (Å²) in [6.45, 7) is 0. The summed E-state index contributed by atoms with van der Waals surface area (Å²) in [4.78, 5) is 15.2. The van der Waals surface area contributed by atoms with Crippen LogP contribution in [0.4, 0.5) is 10.3 Å². The number of halogens is 1. The number of anilines is 1. The molecule has 194 valence electrons. The number of aromatic nitrogens is 5. The highest BCUT2D eigenvalue weighted by molar-refractivity contribution is 5.72. The van der Waals surface area contributed by atoms with Crippen molar-refractivity contribution in [2.45, 2.75) is 68.9 Å². The van der Waals surface area contributed by atoms with E-state index in [9.17, 15) is 5.11 Å². The molecule has 1 saturated carbocycles. The average molecular weight is 508 g/mol. The quantitative estimate of drug-likeness (QED) is 0.493. The third-order valence-electron chi connectivity index (χ3n) is 7.54. The minimum absolute atomic E-state index is 0.00647. The Morgan fingerprint density at radius 3 is 2.51 bits per heavy atom. The van der Waals surface area contributed by atoms with E-state index in [1.54, 1.807) is 30.6 Å². The number of alkyl halides is 1. The molecule has 2 aliphatic heterocycles. The van der Waals surface area contributed by atoms with E-state index in [-0.39, 0.29) is 35.6 Å². The van der Waals surface area contributed by atoms with Gasteiger partial charge in [-0.1, -0.05) is 12.5 Å². The molecule has 2 saturated heterocycles. The molecule has 0 amide bonds. The van der Waals surface area contributed by atoms with Gasteiger partial charge in [-0.05, 0) is 44.2 Å². The predicted octanol–water partition coefficient (Wildman–Crippen LogP) is 3.31. The first-order valence-corrected chi connectivity index (χ1v) is 12.7. The van der Waals surface area contributed by atoms with Crippen molar-refractivity contribution in [3.8, 4) is 40.0 Å². The van der Waals surface area contributed by atoms with Gasteiger partial charge in [0.2, 0.25) is 5.95 Å². The summed E-state index contributed by atoms with van der Waals surface area (Å²) in [7, 11) is 2.98. The lowest BCUT2D eigenvalue weighted by molar-refractivity contribution is 0.103. The van der Waals surface area contributed by atoms with Crippen LogP contribution in [-0.4, -0.2) is 74.8 Å². The Hall–Kier alpha value is -3.60. The Balaban J connectivity index is 1.25. The van der Waals surface area contributed by atoms with Crippen molar-refractivity contribution < 1.29 is 19.0 Å². The van der Waals surface area contributed by atoms with E-state index < -0.39 is 6.17 Å². The molecule has 4 atom stereocenters. The summed E-state index contributed by atoms with van der Waals surface area (Å²) in [5, 5.41) is 23.0. The number of fused-ring (bicyclic) bond motifs is 2. The highest BCUT2D eigenvalue weighted by Crippen LogP contribution is 2.39. The molecule has 3 aromatic rings. The summed E-state index contributed by atoms with van der Waals surface area (Å²) in [6, 6.07) is 5.37. The standard InChI is InChI=1S/C26H30FN7O3/c1-36-24-25(37-2)31-19(12-28-24)14-6-9-17(22(35)10-14)20-13-29-26(33-32-20)34(16-7-8-16)21-11-15-4-3-5-18(30-15)23(21)27/h6,9-10,12-13,15-16,18,21,23,30,35H,3-5,7-8,11H2,1-2H3/t15-,18+,21-,23+/m1/s1. The Bertz CT molecular complexity index is 1270. The van der Waals surface area contributed by atoms with Crippen LogP contribution in [0.5, 0.6) is 17.5 Å². The van der Waals surface area contributed by atoms with Gasteiger partial charge in [-0.15, -0.1) is 10.2 Å². The Kier molecular flexibility index (Phi) is 6.23. The van der Waals surface area contributed by atoms with Gasteiger partial charge in [0, 0.05) is 29.3 Å². The maximum atomic E-state index is 15.5. The molecule has 1 aliphatic carbocycles. The summed E-state index contributed by atoms with van der Waals surface area (Å²) in [5.41, 5.74) is 2.09. The van der Waals surface area contributed by atoms with Crippen molar-refractivity contribution in [3.63, 3.8) is 0 Å². The van der Waals surface area contributed by atoms with Gasteiger partial charge in [-0.25, -0.2) is 19.3 Å². The number of hydrogen-bond donors (Lipinski definition) is 2. The van der Waals surface area contributed by atoms with E-state index in [0.717, 1.165) is 38.5 Å². The van der Waals surface area contributed by atoms with Gasteiger partial charge in [0.05, 0.1) is 38.3 Å². The number of methoxy groups -OCH3 is 2. The van der Waals surface area contributed by atoms with Crippen molar-refractivity contribution in [2.75, 3.05) is 19.1 Å². The number of nitrogens with zero attached hydrogens (tertiary/aromatic N) is 6. The first-order chi connectivity index (χ1) is 18.1. The minimum atomic E-state index is -0.961. The third-order valence-corrected chi connectivity index (χ3v) is 7.54. The molecular formula is C26H30FN7O3. The number of piperidine rings is 2. The maximum absolute atomic E-state index is 15.5. The number of nitrogens with one attached hydrogen (secondary N) is 1. The summed E-state index contributed by atoms with van der Waals surface area (Å²) < 4.78 is 25.8. The monoisotopic (exact) mass is 507 g/mol. The van der Waals surface area contributed by atoms with Gasteiger partial charge in [0.25, 0.3) is 11.8 Å². The van der Waals surface area contributed by atoms with Crippen LogP contribution in [0.1, 0.15) is 38.5 Å². The first-order valence-electron chi connectivity index (χ1n) is 12.7. The number of phenolic OH excluding ortho intramolecular Hbond substituents is 1. The molecule has 37 heavy (non-hydrogen) atoms. The van der Waals surface area contributed by atoms with Gasteiger partial charge < -0.3 is 24.8 Å². The largest absolute Gasteiger partial charge is 0.507 e. The molecule has 11 heteroatoms. The van der Waals surface area contributed by atoms with Crippen molar-refractivity contribution in [2.24, 2.45) is 0 Å². The van der Waals surface area contributed by atoms with Crippen LogP contribution in [0.3, 0.4) is 0 Å². The predicted molar refractivity (Wildman–Crippen MR) is 134 cm³/mol. The number of ether oxygens (including phenoxy) is 2. The second-order valence-electron chi connectivity index (χ2n) is 9.94. The molecular weight excluding hydrogens is 477 g/mol. The van der Waals surface area contributed by atoms with Crippen LogP contribution >= 0.6 is 0 Å². The molecule has 2 bridgehead atoms. The third kappa shape index (κ3) is 4.52. The van der Waals surface area contributed by atoms with Crippen molar-refractivity contribution in [1.29, 1.82) is 0 Å². The Morgan fingerprint density at radius 1 is 1.00 bits per heavy atom. The van der Waals surface area contributed by atoms with Crippen LogP contribution in [0.25, 0.3) is 22.5 Å².